The summed E-state index contributed by atoms with van der Waals surface area (Å²) >= 11 is 43.6. The minimum atomic E-state index is -1.69. The third kappa shape index (κ3) is 17.7. The van der Waals surface area contributed by atoms with Crippen molar-refractivity contribution >= 4 is 166 Å². The van der Waals surface area contributed by atoms with Gasteiger partial charge in [0.2, 0.25) is 17.7 Å². The fourth-order valence-corrected chi connectivity index (χ4v) is 19.1. The summed E-state index contributed by atoms with van der Waals surface area (Å²) in [5, 5.41) is 27.6. The van der Waals surface area contributed by atoms with Crippen molar-refractivity contribution in [3.8, 4) is 69.0 Å². The average Bonchev–Trinajstić information content (AvgIpc) is 0.726. The second-order valence-corrected chi connectivity index (χ2v) is 36.5. The lowest BCUT2D eigenvalue weighted by Gasteiger charge is -2.41. The molecule has 3 atom stereocenters. The van der Waals surface area contributed by atoms with Crippen LogP contribution in [0, 0.1) is 101 Å². The molecule has 6 N–H and O–H groups in total. The molecule has 42 heteroatoms. The van der Waals surface area contributed by atoms with Gasteiger partial charge in [-0.25, -0.2) is 50.1 Å². The van der Waals surface area contributed by atoms with Crippen molar-refractivity contribution in [3.63, 3.8) is 0 Å². The van der Waals surface area contributed by atoms with Crippen molar-refractivity contribution in [3.05, 3.63) is 256 Å². The number of aryl methyl sites for hydroxylation is 3. The van der Waals surface area contributed by atoms with Gasteiger partial charge < -0.3 is 46.6 Å². The zero-order valence-corrected chi connectivity index (χ0v) is 81.1. The maximum Gasteiger partial charge on any atom is 0.276 e. The molecule has 12 aromatic rings. The van der Waals surface area contributed by atoms with Crippen LogP contribution in [0.5, 0.6) is 0 Å². The van der Waals surface area contributed by atoms with Gasteiger partial charge in [-0.05, 0) is 131 Å². The zero-order valence-electron chi connectivity index (χ0n) is 75.8. The van der Waals surface area contributed by atoms with Crippen LogP contribution in [0.25, 0.3) is 83.9 Å². The third-order valence-electron chi connectivity index (χ3n) is 24.2. The molecule has 714 valence electrons. The molecule has 3 aliphatic rings. The molecule has 27 nitrogen and oxygen atoms in total. The maximum atomic E-state index is 15.6. The van der Waals surface area contributed by atoms with Crippen LogP contribution in [-0.4, -0.2) is 153 Å². The van der Waals surface area contributed by atoms with E-state index in [1.54, 1.807) is 82.1 Å². The molecule has 3 aromatic carbocycles. The van der Waals surface area contributed by atoms with Gasteiger partial charge in [-0.2, -0.15) is 15.8 Å². The van der Waals surface area contributed by atoms with E-state index >= 15 is 13.2 Å². The minimum absolute atomic E-state index is 0.00290. The lowest BCUT2D eigenvalue weighted by atomic mass is 10.0. The third-order valence-corrected chi connectivity index (χ3v) is 26.4. The van der Waals surface area contributed by atoms with E-state index in [0.717, 1.165) is 0 Å². The monoisotopic (exact) mass is 2020 g/mol. The molecule has 15 rings (SSSR count). The number of halogens is 15. The Hall–Kier alpha value is -13.4. The molecule has 3 fully saturated rings. The van der Waals surface area contributed by atoms with Crippen LogP contribution in [0.15, 0.2) is 107 Å². The number of hydrogen-bond acceptors (Lipinski definition) is 21. The Kier molecular flexibility index (Phi) is 29.8. The number of carbonyl (C=O) groups excluding carboxylic acids is 3. The molecule has 3 saturated heterocycles. The van der Waals surface area contributed by atoms with Gasteiger partial charge >= 0.3 is 0 Å². The first kappa shape index (κ1) is 102. The van der Waals surface area contributed by atoms with Crippen LogP contribution in [0.2, 0.25) is 35.2 Å². The van der Waals surface area contributed by atoms with Gasteiger partial charge in [0.25, 0.3) is 16.7 Å². The first-order valence-electron chi connectivity index (χ1n) is 42.6. The molecule has 0 saturated carbocycles. The van der Waals surface area contributed by atoms with Gasteiger partial charge in [0.1, 0.15) is 66.9 Å². The van der Waals surface area contributed by atoms with E-state index in [2.05, 4.69) is 50.7 Å². The standard InChI is InChI=1S/C32H28Cl3F2N7O2.2C32H28Cl2F3N7O2/c1-6-20(45)43-10-9-42(13-16(43)5)30-17-11-19(33)28(21-22(34)26(39)25(37)23(35)24(21)36)41-31(17)44(32(46)18(30)12-38)29-15(4)7-8-40-27(29)14(2)3;2*1-6-20(45)43-10-9-42(13-16(43)5)30-17-11-19(33)28(21-23(35)24(36)22(34)25(37)26(21)39)41-31(17)44(32(46)18(30)12-38)29-15(4)7-8-40-27(29)14(2)3/h3*6-8,11,14,16H,1,9-10,13,39H2,2-5H3/t3*16-/m111/s1. The number of amides is 3. The number of nitrogens with two attached hydrogens (primary N) is 3. The summed E-state index contributed by atoms with van der Waals surface area (Å²) in [6.07, 6.45) is 8.43. The lowest BCUT2D eigenvalue weighted by Crippen LogP contribution is -2.54. The molecule has 0 spiro atoms. The summed E-state index contributed by atoms with van der Waals surface area (Å²) in [7, 11) is 0. The number of hydrogen-bond donors (Lipinski definition) is 3. The molecule has 3 aliphatic heterocycles. The van der Waals surface area contributed by atoms with Gasteiger partial charge in [0.05, 0.1) is 122 Å². The number of nitrogens with zero attached hydrogens (tertiary/aromatic N) is 18. The van der Waals surface area contributed by atoms with Crippen LogP contribution < -0.4 is 48.6 Å². The van der Waals surface area contributed by atoms with Crippen molar-refractivity contribution in [2.45, 2.75) is 119 Å². The molecule has 0 aliphatic carbocycles. The highest BCUT2D eigenvalue weighted by Crippen LogP contribution is 2.49. The predicted octanol–water partition coefficient (Wildman–Crippen LogP) is 19.4. The van der Waals surface area contributed by atoms with Crippen LogP contribution in [0.3, 0.4) is 0 Å². The van der Waals surface area contributed by atoms with Gasteiger partial charge in [0, 0.05) is 112 Å². The molecule has 12 heterocycles. The number of nitrogen functional groups attached to an aromatic ring is 3. The number of benzene rings is 3. The van der Waals surface area contributed by atoms with Crippen LogP contribution >= 0.6 is 81.2 Å². The Morgan fingerprint density at radius 1 is 0.399 bits per heavy atom. The fourth-order valence-electron chi connectivity index (χ4n) is 17.5. The van der Waals surface area contributed by atoms with Crippen molar-refractivity contribution < 1.29 is 49.5 Å². The van der Waals surface area contributed by atoms with Gasteiger partial charge in [-0.3, -0.25) is 57.4 Å². The molecular formula is C96H84Cl7F8N21O6. The van der Waals surface area contributed by atoms with Crippen molar-refractivity contribution in [2.24, 2.45) is 0 Å². The van der Waals surface area contributed by atoms with Crippen LogP contribution in [-0.2, 0) is 14.4 Å². The van der Waals surface area contributed by atoms with Crippen LogP contribution in [0.1, 0.15) is 131 Å². The molecule has 3 amide bonds. The topological polar surface area (TPSA) is 363 Å². The van der Waals surface area contributed by atoms with Gasteiger partial charge in [-0.1, -0.05) is 142 Å². The van der Waals surface area contributed by atoms with E-state index in [9.17, 15) is 66.5 Å². The molecule has 138 heavy (non-hydrogen) atoms. The zero-order chi connectivity index (χ0) is 101. The summed E-state index contributed by atoms with van der Waals surface area (Å²) < 4.78 is 124. The highest BCUT2D eigenvalue weighted by Gasteiger charge is 2.40. The van der Waals surface area contributed by atoms with E-state index < -0.39 is 128 Å². The number of pyridine rings is 9. The Labute approximate surface area is 819 Å². The van der Waals surface area contributed by atoms with Crippen molar-refractivity contribution in [2.75, 3.05) is 90.8 Å². The highest BCUT2D eigenvalue weighted by atomic mass is 35.5. The van der Waals surface area contributed by atoms with E-state index in [0.29, 0.717) is 50.8 Å². The quantitative estimate of drug-likeness (QED) is 0.0282. The van der Waals surface area contributed by atoms with E-state index in [1.807, 2.05) is 79.4 Å². The summed E-state index contributed by atoms with van der Waals surface area (Å²) in [5.74, 6) is -13.2. The van der Waals surface area contributed by atoms with Gasteiger partial charge in [-0.15, -0.1) is 0 Å². The summed E-state index contributed by atoms with van der Waals surface area (Å²) in [4.78, 5) is 118. The second-order valence-electron chi connectivity index (χ2n) is 33.8. The summed E-state index contributed by atoms with van der Waals surface area (Å²) in [6.45, 7) is 34.9. The number of piperazine rings is 3. The number of aromatic nitrogens is 9. The number of carbonyl (C=O) groups is 3. The Bertz CT molecular complexity index is 6790. The fraction of sp³-hybridized carbons (Fsp3) is 0.281. The Morgan fingerprint density at radius 2 is 0.659 bits per heavy atom. The first-order chi connectivity index (χ1) is 65.2. The first-order valence-corrected chi connectivity index (χ1v) is 45.2. The summed E-state index contributed by atoms with van der Waals surface area (Å²) in [6, 6.07) is 14.4. The van der Waals surface area contributed by atoms with Gasteiger partial charge in [0.15, 0.2) is 46.5 Å². The lowest BCUT2D eigenvalue weighted by molar-refractivity contribution is -0.129. The maximum absolute atomic E-state index is 15.6. The van der Waals surface area contributed by atoms with Crippen LogP contribution in [0.4, 0.5) is 69.2 Å². The average molecular weight is 2030 g/mol. The normalized spacial score (nSPS) is 15.0. The van der Waals surface area contributed by atoms with Crippen molar-refractivity contribution in [1.29, 1.82) is 15.8 Å². The SMILES string of the molecule is C=CC(=O)N1CCN(c2c(C#N)c(=O)n(-c3c(C)ccnc3C(C)C)c3nc(-c4c(F)c(Cl)c(F)c(N)c4Cl)c(Cl)cc23)C[C@H]1C.C=CC(=O)N1CCN(c2c(C#N)c(=O)n(-c3c(C)ccnc3C(C)C)c3nc(-c4c(N)c(F)c(Cl)c(F)c4F)c(Cl)cc23)C[C@H]1C.C=CC(=O)N1CCN(c2c(C#N)c(=O)n(-c3c(C)ccnc3C(C)C)c3nc(-c4c(N)c(F)c(Cl)c(F)c4F)c(Cl)cc23)C[C@H]1C. The number of nitriles is 3. The molecule has 0 bridgehead atoms. The Balaban J connectivity index is 0.000000175. The van der Waals surface area contributed by atoms with E-state index in [1.165, 1.54) is 50.1 Å². The molecule has 9 aromatic heterocycles. The number of fused-ring (bicyclic) bond motifs is 3. The van der Waals surface area contributed by atoms with E-state index in [4.69, 9.17) is 103 Å². The molecule has 0 radical (unpaired) electrons. The van der Waals surface area contributed by atoms with Crippen molar-refractivity contribution in [1.82, 2.24) is 58.3 Å². The number of anilines is 6. The number of rotatable bonds is 15. The largest absolute Gasteiger partial charge is 0.396 e. The smallest absolute Gasteiger partial charge is 0.276 e. The van der Waals surface area contributed by atoms with E-state index in [-0.39, 0.29) is 200 Å². The highest BCUT2D eigenvalue weighted by molar-refractivity contribution is 6.40. The Morgan fingerprint density at radius 3 is 0.913 bits per heavy atom. The minimum Gasteiger partial charge on any atom is -0.396 e. The second kappa shape index (κ2) is 40.3. The molecular weight excluding hydrogens is 1940 g/mol. The molecule has 0 unspecified atom stereocenters. The summed E-state index contributed by atoms with van der Waals surface area (Å²) in [5.41, 5.74) is 14.1. The predicted molar refractivity (Wildman–Crippen MR) is 521 cm³/mol.